The Labute approximate surface area is 143 Å². The first-order valence-corrected chi connectivity index (χ1v) is 8.34. The second kappa shape index (κ2) is 6.91. The van der Waals surface area contributed by atoms with E-state index in [1.165, 1.54) is 5.56 Å². The number of aromatic nitrogens is 1. The summed E-state index contributed by atoms with van der Waals surface area (Å²) in [5, 5.41) is 3.08. The highest BCUT2D eigenvalue weighted by Gasteiger charge is 2.22. The van der Waals surface area contributed by atoms with Crippen molar-refractivity contribution in [2.75, 3.05) is 36.4 Å². The summed E-state index contributed by atoms with van der Waals surface area (Å²) in [4.78, 5) is 21.0. The van der Waals surface area contributed by atoms with Crippen molar-refractivity contribution in [3.05, 3.63) is 53.2 Å². The van der Waals surface area contributed by atoms with Gasteiger partial charge in [0.05, 0.1) is 0 Å². The molecule has 126 valence electrons. The van der Waals surface area contributed by atoms with Crippen LogP contribution in [0, 0.1) is 20.8 Å². The molecule has 1 aliphatic rings. The van der Waals surface area contributed by atoms with Crippen molar-refractivity contribution in [1.29, 1.82) is 0 Å². The number of nitrogens with one attached hydrogen (secondary N) is 1. The molecule has 0 aliphatic carbocycles. The van der Waals surface area contributed by atoms with Gasteiger partial charge >= 0.3 is 6.03 Å². The van der Waals surface area contributed by atoms with Crippen LogP contribution in [0.3, 0.4) is 0 Å². The maximum Gasteiger partial charge on any atom is 0.321 e. The van der Waals surface area contributed by atoms with Gasteiger partial charge in [-0.1, -0.05) is 23.8 Å². The van der Waals surface area contributed by atoms with Gasteiger partial charge in [0.15, 0.2) is 0 Å². The van der Waals surface area contributed by atoms with E-state index in [1.807, 2.05) is 36.9 Å². The molecule has 1 saturated heterocycles. The lowest BCUT2D eigenvalue weighted by atomic mass is 10.1. The Balaban J connectivity index is 1.62. The third-order valence-electron chi connectivity index (χ3n) is 4.45. The van der Waals surface area contributed by atoms with E-state index < -0.39 is 0 Å². The van der Waals surface area contributed by atoms with E-state index in [9.17, 15) is 4.79 Å². The molecular weight excluding hydrogens is 300 g/mol. The van der Waals surface area contributed by atoms with Crippen molar-refractivity contribution in [3.63, 3.8) is 0 Å². The number of aryl methyl sites for hydroxylation is 3. The number of hydrogen-bond acceptors (Lipinski definition) is 3. The van der Waals surface area contributed by atoms with Gasteiger partial charge in [-0.15, -0.1) is 0 Å². The summed E-state index contributed by atoms with van der Waals surface area (Å²) in [5.41, 5.74) is 4.35. The van der Waals surface area contributed by atoms with Crippen molar-refractivity contribution < 1.29 is 4.79 Å². The zero-order chi connectivity index (χ0) is 17.1. The minimum absolute atomic E-state index is 0.0225. The van der Waals surface area contributed by atoms with Gasteiger partial charge < -0.3 is 15.1 Å². The number of benzene rings is 1. The minimum atomic E-state index is -0.0225. The van der Waals surface area contributed by atoms with Crippen LogP contribution in [0.15, 0.2) is 36.5 Å². The van der Waals surface area contributed by atoms with Gasteiger partial charge in [-0.3, -0.25) is 0 Å². The molecule has 0 saturated carbocycles. The van der Waals surface area contributed by atoms with Crippen molar-refractivity contribution in [2.45, 2.75) is 20.8 Å². The summed E-state index contributed by atoms with van der Waals surface area (Å²) >= 11 is 0. The first-order chi connectivity index (χ1) is 11.5. The molecule has 3 rings (SSSR count). The average molecular weight is 324 g/mol. The number of rotatable bonds is 2. The van der Waals surface area contributed by atoms with Gasteiger partial charge in [-0.05, 0) is 44.0 Å². The fraction of sp³-hybridized carbons (Fsp3) is 0.368. The predicted molar refractivity (Wildman–Crippen MR) is 97.7 cm³/mol. The van der Waals surface area contributed by atoms with Crippen molar-refractivity contribution in [2.24, 2.45) is 0 Å². The van der Waals surface area contributed by atoms with Gasteiger partial charge in [-0.25, -0.2) is 9.78 Å². The van der Waals surface area contributed by atoms with Crippen LogP contribution in [0.5, 0.6) is 0 Å². The monoisotopic (exact) mass is 324 g/mol. The number of anilines is 2. The van der Waals surface area contributed by atoms with Crippen molar-refractivity contribution in [3.8, 4) is 0 Å². The van der Waals surface area contributed by atoms with E-state index >= 15 is 0 Å². The summed E-state index contributed by atoms with van der Waals surface area (Å²) in [5.74, 6) is 0.975. The van der Waals surface area contributed by atoms with Gasteiger partial charge in [0.1, 0.15) is 5.82 Å². The highest BCUT2D eigenvalue weighted by atomic mass is 16.2. The Morgan fingerprint density at radius 2 is 1.71 bits per heavy atom. The van der Waals surface area contributed by atoms with E-state index in [-0.39, 0.29) is 6.03 Å². The standard InChI is InChI=1S/C19H24N4O/c1-14-12-15(2)18(16(3)13-14)21-19(24)23-10-8-22(9-11-23)17-6-4-5-7-20-17/h4-7,12-13H,8-11H2,1-3H3,(H,21,24). The smallest absolute Gasteiger partial charge is 0.321 e. The molecule has 0 spiro atoms. The molecule has 1 aromatic carbocycles. The van der Waals surface area contributed by atoms with Gasteiger partial charge in [-0.2, -0.15) is 0 Å². The van der Waals surface area contributed by atoms with E-state index in [0.717, 1.165) is 35.7 Å². The molecule has 2 amide bonds. The largest absolute Gasteiger partial charge is 0.353 e. The molecule has 5 heteroatoms. The predicted octanol–water partition coefficient (Wildman–Crippen LogP) is 3.36. The molecule has 0 bridgehead atoms. The van der Waals surface area contributed by atoms with Crippen LogP contribution in [0.4, 0.5) is 16.3 Å². The summed E-state index contributed by atoms with van der Waals surface area (Å²) in [7, 11) is 0. The summed E-state index contributed by atoms with van der Waals surface area (Å²) in [6.07, 6.45) is 1.80. The lowest BCUT2D eigenvalue weighted by Crippen LogP contribution is -2.50. The SMILES string of the molecule is Cc1cc(C)c(NC(=O)N2CCN(c3ccccn3)CC2)c(C)c1. The molecular formula is C19H24N4O. The van der Waals surface area contributed by atoms with Crippen LogP contribution in [0.2, 0.25) is 0 Å². The number of carbonyl (C=O) groups is 1. The normalized spacial score (nSPS) is 14.6. The van der Waals surface area contributed by atoms with E-state index in [2.05, 4.69) is 34.3 Å². The lowest BCUT2D eigenvalue weighted by Gasteiger charge is -2.35. The molecule has 0 radical (unpaired) electrons. The molecule has 1 fully saturated rings. The summed E-state index contributed by atoms with van der Waals surface area (Å²) in [6.45, 7) is 9.15. The quantitative estimate of drug-likeness (QED) is 0.921. The lowest BCUT2D eigenvalue weighted by molar-refractivity contribution is 0.208. The Morgan fingerprint density at radius 1 is 1.04 bits per heavy atom. The van der Waals surface area contributed by atoms with Gasteiger partial charge in [0.25, 0.3) is 0 Å². The third kappa shape index (κ3) is 3.50. The average Bonchev–Trinajstić information content (AvgIpc) is 2.59. The zero-order valence-electron chi connectivity index (χ0n) is 14.5. The molecule has 5 nitrogen and oxygen atoms in total. The summed E-state index contributed by atoms with van der Waals surface area (Å²) < 4.78 is 0. The number of amides is 2. The first kappa shape index (κ1) is 16.3. The van der Waals surface area contributed by atoms with Crippen LogP contribution < -0.4 is 10.2 Å². The Bertz CT molecular complexity index is 698. The van der Waals surface area contributed by atoms with Crippen LogP contribution in [0.1, 0.15) is 16.7 Å². The number of hydrogen-bond donors (Lipinski definition) is 1. The van der Waals surface area contributed by atoms with E-state index in [1.54, 1.807) is 6.20 Å². The number of nitrogens with zero attached hydrogens (tertiary/aromatic N) is 3. The Kier molecular flexibility index (Phi) is 4.69. The van der Waals surface area contributed by atoms with Gasteiger partial charge in [0, 0.05) is 38.1 Å². The molecule has 1 aliphatic heterocycles. The first-order valence-electron chi connectivity index (χ1n) is 8.34. The molecule has 0 atom stereocenters. The second-order valence-corrected chi connectivity index (χ2v) is 6.37. The molecule has 2 aromatic rings. The van der Waals surface area contributed by atoms with E-state index in [4.69, 9.17) is 0 Å². The number of piperazine rings is 1. The molecule has 1 aromatic heterocycles. The minimum Gasteiger partial charge on any atom is -0.353 e. The zero-order valence-corrected chi connectivity index (χ0v) is 14.5. The Hall–Kier alpha value is -2.56. The van der Waals surface area contributed by atoms with Crippen LogP contribution >= 0.6 is 0 Å². The van der Waals surface area contributed by atoms with Crippen LogP contribution in [-0.4, -0.2) is 42.1 Å². The molecule has 1 N–H and O–H groups in total. The fourth-order valence-corrected chi connectivity index (χ4v) is 3.24. The maximum atomic E-state index is 12.6. The summed E-state index contributed by atoms with van der Waals surface area (Å²) in [6, 6.07) is 10.1. The van der Waals surface area contributed by atoms with Gasteiger partial charge in [0.2, 0.25) is 0 Å². The topological polar surface area (TPSA) is 48.5 Å². The van der Waals surface area contributed by atoms with E-state index in [0.29, 0.717) is 13.1 Å². The third-order valence-corrected chi connectivity index (χ3v) is 4.45. The Morgan fingerprint density at radius 3 is 2.29 bits per heavy atom. The number of pyridine rings is 1. The maximum absolute atomic E-state index is 12.6. The fourth-order valence-electron chi connectivity index (χ4n) is 3.24. The number of urea groups is 1. The van der Waals surface area contributed by atoms with Crippen molar-refractivity contribution >= 4 is 17.5 Å². The van der Waals surface area contributed by atoms with Crippen LogP contribution in [-0.2, 0) is 0 Å². The molecule has 2 heterocycles. The van der Waals surface area contributed by atoms with Crippen molar-refractivity contribution in [1.82, 2.24) is 9.88 Å². The van der Waals surface area contributed by atoms with Crippen LogP contribution in [0.25, 0.3) is 0 Å². The molecule has 0 unspecified atom stereocenters. The number of carbonyl (C=O) groups excluding carboxylic acids is 1. The second-order valence-electron chi connectivity index (χ2n) is 6.37. The molecule has 24 heavy (non-hydrogen) atoms. The highest BCUT2D eigenvalue weighted by Crippen LogP contribution is 2.22. The highest BCUT2D eigenvalue weighted by molar-refractivity contribution is 5.91.